The van der Waals surface area contributed by atoms with Gasteiger partial charge in [0.05, 0.1) is 6.33 Å². The summed E-state index contributed by atoms with van der Waals surface area (Å²) in [7, 11) is 1.90. The van der Waals surface area contributed by atoms with E-state index in [0.29, 0.717) is 36.3 Å². The molecule has 0 saturated carbocycles. The van der Waals surface area contributed by atoms with E-state index in [1.165, 1.54) is 12.8 Å². The molecule has 2 amide bonds. The zero-order valence-electron chi connectivity index (χ0n) is 16.2. The Bertz CT molecular complexity index is 823. The lowest BCUT2D eigenvalue weighted by Crippen LogP contribution is -2.48. The third kappa shape index (κ3) is 4.25. The maximum Gasteiger partial charge on any atom is 0.253 e. The summed E-state index contributed by atoms with van der Waals surface area (Å²) in [5.74, 6) is -0.0672. The number of nitrogens with zero attached hydrogens (tertiary/aromatic N) is 3. The number of fused-ring (bicyclic) bond motifs is 2. The average molecular weight is 381 g/mol. The van der Waals surface area contributed by atoms with Crippen molar-refractivity contribution in [3.63, 3.8) is 0 Å². The number of aromatic nitrogens is 2. The van der Waals surface area contributed by atoms with Crippen LogP contribution in [-0.4, -0.2) is 51.4 Å². The molecule has 0 aliphatic carbocycles. The van der Waals surface area contributed by atoms with Crippen molar-refractivity contribution in [3.8, 4) is 0 Å². The second-order valence-electron chi connectivity index (χ2n) is 7.86. The maximum atomic E-state index is 13.0. The zero-order chi connectivity index (χ0) is 19.5. The first-order valence-electron chi connectivity index (χ1n) is 9.97. The van der Waals surface area contributed by atoms with Crippen molar-refractivity contribution in [1.29, 1.82) is 0 Å². The Labute approximate surface area is 165 Å². The second-order valence-corrected chi connectivity index (χ2v) is 7.86. The van der Waals surface area contributed by atoms with Gasteiger partial charge in [0.25, 0.3) is 5.91 Å². The lowest BCUT2D eigenvalue weighted by molar-refractivity contribution is -0.116. The molecule has 2 aromatic rings. The van der Waals surface area contributed by atoms with Crippen LogP contribution in [0.3, 0.4) is 0 Å². The monoisotopic (exact) mass is 381 g/mol. The van der Waals surface area contributed by atoms with Gasteiger partial charge in [0.1, 0.15) is 0 Å². The molecule has 28 heavy (non-hydrogen) atoms. The molecule has 0 spiro atoms. The van der Waals surface area contributed by atoms with Crippen molar-refractivity contribution < 1.29 is 9.59 Å². The Hall–Kier alpha value is -2.67. The Balaban J connectivity index is 1.35. The summed E-state index contributed by atoms with van der Waals surface area (Å²) in [5, 5.41) is 6.50. The predicted octanol–water partition coefficient (Wildman–Crippen LogP) is 2.27. The van der Waals surface area contributed by atoms with Crippen LogP contribution in [0.15, 0.2) is 43.0 Å². The van der Waals surface area contributed by atoms with Gasteiger partial charge in [0.15, 0.2) is 0 Å². The number of benzene rings is 1. The number of carbonyl (C=O) groups is 2. The molecule has 2 unspecified atom stereocenters. The lowest BCUT2D eigenvalue weighted by atomic mass is 9.98. The van der Waals surface area contributed by atoms with E-state index in [4.69, 9.17) is 0 Å². The Morgan fingerprint density at radius 3 is 2.79 bits per heavy atom. The number of nitrogens with one attached hydrogen (secondary N) is 2. The summed E-state index contributed by atoms with van der Waals surface area (Å²) < 4.78 is 1.86. The van der Waals surface area contributed by atoms with Gasteiger partial charge in [-0.2, -0.15) is 0 Å². The fourth-order valence-corrected chi connectivity index (χ4v) is 4.32. The van der Waals surface area contributed by atoms with Crippen LogP contribution in [-0.2, 0) is 11.3 Å². The Kier molecular flexibility index (Phi) is 5.43. The number of imidazole rings is 1. The zero-order valence-corrected chi connectivity index (χ0v) is 16.2. The van der Waals surface area contributed by atoms with Crippen LogP contribution < -0.4 is 10.6 Å². The molecule has 1 aromatic heterocycles. The molecule has 2 atom stereocenters. The van der Waals surface area contributed by atoms with Crippen LogP contribution in [0.5, 0.6) is 0 Å². The minimum Gasteiger partial charge on any atom is -0.339 e. The van der Waals surface area contributed by atoms with Gasteiger partial charge < -0.3 is 20.1 Å². The highest BCUT2D eigenvalue weighted by Gasteiger charge is 2.36. The minimum absolute atomic E-state index is 0.0146. The van der Waals surface area contributed by atoms with Gasteiger partial charge in [-0.15, -0.1) is 0 Å². The quantitative estimate of drug-likeness (QED) is 0.805. The van der Waals surface area contributed by atoms with E-state index in [2.05, 4.69) is 15.6 Å². The van der Waals surface area contributed by atoms with Gasteiger partial charge in [0.2, 0.25) is 5.91 Å². The fraction of sp³-hybridized carbons (Fsp3) is 0.476. The first-order valence-corrected chi connectivity index (χ1v) is 9.97. The molecular weight excluding hydrogens is 354 g/mol. The first-order chi connectivity index (χ1) is 13.6. The number of carbonyl (C=O) groups excluding carboxylic acids is 2. The fourth-order valence-electron chi connectivity index (χ4n) is 4.32. The number of amides is 2. The molecule has 1 aromatic carbocycles. The van der Waals surface area contributed by atoms with Crippen molar-refractivity contribution in [3.05, 3.63) is 48.5 Å². The summed E-state index contributed by atoms with van der Waals surface area (Å²) in [5.41, 5.74) is 1.26. The van der Waals surface area contributed by atoms with Crippen molar-refractivity contribution in [2.24, 2.45) is 0 Å². The van der Waals surface area contributed by atoms with E-state index in [-0.39, 0.29) is 17.9 Å². The van der Waals surface area contributed by atoms with Gasteiger partial charge >= 0.3 is 0 Å². The van der Waals surface area contributed by atoms with Crippen molar-refractivity contribution in [1.82, 2.24) is 19.8 Å². The van der Waals surface area contributed by atoms with E-state index in [0.717, 1.165) is 12.8 Å². The molecule has 2 saturated heterocycles. The standard InChI is InChI=1S/C21H27N5O2/c1-25(19-12-17-5-6-18(13-19)23-17)21(28)15-3-2-4-16(11-15)24-20(27)7-9-26-10-8-22-14-26/h2-4,8,10-11,14,17-19,23H,5-7,9,12-13H2,1H3,(H,24,27). The molecule has 2 N–H and O–H groups in total. The molecule has 2 fully saturated rings. The van der Waals surface area contributed by atoms with Gasteiger partial charge in [0, 0.05) is 61.8 Å². The average Bonchev–Trinajstić information content (AvgIpc) is 3.34. The van der Waals surface area contributed by atoms with E-state index in [1.54, 1.807) is 18.6 Å². The summed E-state index contributed by atoms with van der Waals surface area (Å²) >= 11 is 0. The Morgan fingerprint density at radius 2 is 2.07 bits per heavy atom. The molecule has 7 nitrogen and oxygen atoms in total. The van der Waals surface area contributed by atoms with Crippen LogP contribution in [0.1, 0.15) is 42.5 Å². The normalized spacial score (nSPS) is 23.4. The number of aryl methyl sites for hydroxylation is 1. The van der Waals surface area contributed by atoms with Crippen LogP contribution in [0, 0.1) is 0 Å². The highest BCUT2D eigenvalue weighted by atomic mass is 16.2. The summed E-state index contributed by atoms with van der Waals surface area (Å²) in [6.07, 6.45) is 10.0. The second kappa shape index (κ2) is 8.14. The molecular formula is C21H27N5O2. The number of anilines is 1. The maximum absolute atomic E-state index is 13.0. The first kappa shape index (κ1) is 18.7. The van der Waals surface area contributed by atoms with Crippen LogP contribution >= 0.6 is 0 Å². The van der Waals surface area contributed by atoms with E-state index < -0.39 is 0 Å². The Morgan fingerprint density at radius 1 is 1.29 bits per heavy atom. The van der Waals surface area contributed by atoms with Gasteiger partial charge in [-0.3, -0.25) is 9.59 Å². The number of hydrogen-bond acceptors (Lipinski definition) is 4. The van der Waals surface area contributed by atoms with E-state index >= 15 is 0 Å². The van der Waals surface area contributed by atoms with Gasteiger partial charge in [-0.05, 0) is 43.9 Å². The highest BCUT2D eigenvalue weighted by molar-refractivity contribution is 5.97. The topological polar surface area (TPSA) is 79.3 Å². The highest BCUT2D eigenvalue weighted by Crippen LogP contribution is 2.30. The third-order valence-corrected chi connectivity index (χ3v) is 5.87. The third-order valence-electron chi connectivity index (χ3n) is 5.87. The number of piperidine rings is 1. The molecule has 3 heterocycles. The lowest BCUT2D eigenvalue weighted by Gasteiger charge is -2.35. The van der Waals surface area contributed by atoms with E-state index in [1.807, 2.05) is 40.9 Å². The molecule has 7 heteroatoms. The van der Waals surface area contributed by atoms with Gasteiger partial charge in [-0.1, -0.05) is 6.07 Å². The largest absolute Gasteiger partial charge is 0.339 e. The molecule has 4 rings (SSSR count). The smallest absolute Gasteiger partial charge is 0.253 e. The SMILES string of the molecule is CN(C(=O)c1cccc(NC(=O)CCn2ccnc2)c1)C1CC2CCC(C1)N2. The molecule has 2 bridgehead atoms. The molecule has 148 valence electrons. The van der Waals surface area contributed by atoms with Crippen molar-refractivity contribution in [2.45, 2.75) is 56.8 Å². The molecule has 2 aliphatic rings. The molecule has 2 aliphatic heterocycles. The van der Waals surface area contributed by atoms with E-state index in [9.17, 15) is 9.59 Å². The molecule has 0 radical (unpaired) electrons. The predicted molar refractivity (Wildman–Crippen MR) is 107 cm³/mol. The summed E-state index contributed by atoms with van der Waals surface area (Å²) in [4.78, 5) is 31.0. The summed E-state index contributed by atoms with van der Waals surface area (Å²) in [6, 6.07) is 8.58. The number of rotatable bonds is 6. The van der Waals surface area contributed by atoms with Crippen LogP contribution in [0.25, 0.3) is 0 Å². The van der Waals surface area contributed by atoms with Crippen molar-refractivity contribution >= 4 is 17.5 Å². The van der Waals surface area contributed by atoms with Crippen molar-refractivity contribution in [2.75, 3.05) is 12.4 Å². The summed E-state index contributed by atoms with van der Waals surface area (Å²) in [6.45, 7) is 0.575. The van der Waals surface area contributed by atoms with Crippen LogP contribution in [0.2, 0.25) is 0 Å². The minimum atomic E-state index is -0.0819. The van der Waals surface area contributed by atoms with Gasteiger partial charge in [-0.25, -0.2) is 4.98 Å². The number of hydrogen-bond donors (Lipinski definition) is 2. The van der Waals surface area contributed by atoms with Crippen LogP contribution in [0.4, 0.5) is 5.69 Å².